The molecule has 0 radical (unpaired) electrons. The van der Waals surface area contributed by atoms with Crippen LogP contribution >= 0.6 is 0 Å². The molecule has 1 aliphatic rings. The van der Waals surface area contributed by atoms with E-state index in [0.717, 1.165) is 0 Å². The van der Waals surface area contributed by atoms with Crippen LogP contribution in [0.1, 0.15) is 47.5 Å². The molecule has 110 valence electrons. The molecule has 0 aliphatic carbocycles. The minimum absolute atomic E-state index is 0.267. The van der Waals surface area contributed by atoms with Crippen LogP contribution in [0.4, 0.5) is 0 Å². The average molecular weight is 271 g/mol. The van der Waals surface area contributed by atoms with Gasteiger partial charge in [-0.2, -0.15) is 0 Å². The molecule has 2 unspecified atom stereocenters. The maximum absolute atomic E-state index is 12.2. The van der Waals surface area contributed by atoms with Crippen LogP contribution in [0.25, 0.3) is 0 Å². The zero-order chi connectivity index (χ0) is 14.8. The summed E-state index contributed by atoms with van der Waals surface area (Å²) >= 11 is 0. The van der Waals surface area contributed by atoms with Crippen LogP contribution in [0.3, 0.4) is 0 Å². The predicted octanol–water partition coefficient (Wildman–Crippen LogP) is 1.34. The van der Waals surface area contributed by atoms with E-state index in [9.17, 15) is 14.7 Å². The number of nitrogens with zero attached hydrogens (tertiary/aromatic N) is 1. The summed E-state index contributed by atoms with van der Waals surface area (Å²) in [5.74, 6) is -0.483. The zero-order valence-electron chi connectivity index (χ0n) is 12.5. The van der Waals surface area contributed by atoms with Gasteiger partial charge in [0.1, 0.15) is 17.7 Å². The van der Waals surface area contributed by atoms with Crippen LogP contribution in [-0.4, -0.2) is 46.2 Å². The van der Waals surface area contributed by atoms with Crippen LogP contribution in [0.15, 0.2) is 0 Å². The molecule has 0 spiro atoms. The Morgan fingerprint density at radius 1 is 1.47 bits per heavy atom. The molecule has 1 N–H and O–H groups in total. The Morgan fingerprint density at radius 2 is 2.05 bits per heavy atom. The Labute approximate surface area is 114 Å². The van der Waals surface area contributed by atoms with Gasteiger partial charge in [0.15, 0.2) is 0 Å². The largest absolute Gasteiger partial charge is 0.458 e. The predicted molar refractivity (Wildman–Crippen MR) is 71.4 cm³/mol. The normalized spacial score (nSPS) is 21.9. The van der Waals surface area contributed by atoms with Gasteiger partial charge in [-0.05, 0) is 39.5 Å². The fraction of sp³-hybridized carbons (Fsp3) is 0.857. The van der Waals surface area contributed by atoms with Crippen molar-refractivity contribution in [2.75, 3.05) is 6.54 Å². The first-order valence-electron chi connectivity index (χ1n) is 6.83. The molecule has 0 aromatic carbocycles. The first-order valence-corrected chi connectivity index (χ1v) is 6.83. The van der Waals surface area contributed by atoms with Gasteiger partial charge < -0.3 is 14.7 Å². The Bertz CT molecular complexity index is 346. The van der Waals surface area contributed by atoms with Crippen molar-refractivity contribution in [2.45, 2.75) is 65.2 Å². The van der Waals surface area contributed by atoms with Crippen molar-refractivity contribution < 1.29 is 19.4 Å². The van der Waals surface area contributed by atoms with E-state index in [0.29, 0.717) is 19.4 Å². The van der Waals surface area contributed by atoms with Crippen molar-refractivity contribution >= 4 is 11.9 Å². The Kier molecular flexibility index (Phi) is 4.96. The smallest absolute Gasteiger partial charge is 0.329 e. The quantitative estimate of drug-likeness (QED) is 0.783. The highest BCUT2D eigenvalue weighted by Gasteiger charge is 2.39. The van der Waals surface area contributed by atoms with Crippen molar-refractivity contribution in [2.24, 2.45) is 5.92 Å². The van der Waals surface area contributed by atoms with Crippen LogP contribution in [0, 0.1) is 5.92 Å². The van der Waals surface area contributed by atoms with Crippen molar-refractivity contribution in [1.82, 2.24) is 4.90 Å². The van der Waals surface area contributed by atoms with E-state index in [1.807, 2.05) is 13.8 Å². The first-order chi connectivity index (χ1) is 8.61. The highest BCUT2D eigenvalue weighted by Crippen LogP contribution is 2.22. The van der Waals surface area contributed by atoms with Crippen LogP contribution in [0.5, 0.6) is 0 Å². The van der Waals surface area contributed by atoms with E-state index in [2.05, 4.69) is 0 Å². The van der Waals surface area contributed by atoms with Gasteiger partial charge in [0.25, 0.3) is 5.91 Å². The fourth-order valence-corrected chi connectivity index (χ4v) is 2.16. The van der Waals surface area contributed by atoms with Gasteiger partial charge in [0.2, 0.25) is 0 Å². The van der Waals surface area contributed by atoms with E-state index < -0.39 is 17.7 Å². The van der Waals surface area contributed by atoms with Gasteiger partial charge in [-0.1, -0.05) is 13.8 Å². The maximum Gasteiger partial charge on any atom is 0.329 e. The number of esters is 1. The summed E-state index contributed by atoms with van der Waals surface area (Å²) in [6.07, 6.45) is -0.0408. The lowest BCUT2D eigenvalue weighted by Crippen LogP contribution is -2.47. The third-order valence-corrected chi connectivity index (χ3v) is 2.96. The van der Waals surface area contributed by atoms with Crippen molar-refractivity contribution in [3.8, 4) is 0 Å². The summed E-state index contributed by atoms with van der Waals surface area (Å²) in [5, 5.41) is 9.52. The van der Waals surface area contributed by atoms with Gasteiger partial charge >= 0.3 is 5.97 Å². The number of aliphatic hydroxyl groups excluding tert-OH is 1. The van der Waals surface area contributed by atoms with Gasteiger partial charge in [0, 0.05) is 6.54 Å². The molecule has 1 rings (SSSR count). The Balaban J connectivity index is 2.83. The van der Waals surface area contributed by atoms with Crippen LogP contribution in [0.2, 0.25) is 0 Å². The van der Waals surface area contributed by atoms with Crippen molar-refractivity contribution in [3.63, 3.8) is 0 Å². The molecule has 1 amide bonds. The lowest BCUT2D eigenvalue weighted by atomic mass is 10.0. The lowest BCUT2D eigenvalue weighted by Gasteiger charge is -2.30. The van der Waals surface area contributed by atoms with Crippen LogP contribution < -0.4 is 0 Å². The first kappa shape index (κ1) is 16.0. The summed E-state index contributed by atoms with van der Waals surface area (Å²) in [5.41, 5.74) is -0.576. The summed E-state index contributed by atoms with van der Waals surface area (Å²) in [6.45, 7) is 9.81. The second-order valence-electron chi connectivity index (χ2n) is 6.51. The SMILES string of the molecule is CC(C)CC(C(=O)OC(C)(C)C)N1CCC(O)C1=O. The molecule has 0 saturated carbocycles. The molecular weight excluding hydrogens is 246 g/mol. The molecule has 19 heavy (non-hydrogen) atoms. The zero-order valence-corrected chi connectivity index (χ0v) is 12.5. The van der Waals surface area contributed by atoms with Crippen LogP contribution in [-0.2, 0) is 14.3 Å². The van der Waals surface area contributed by atoms with E-state index in [-0.39, 0.29) is 17.8 Å². The number of rotatable bonds is 4. The number of aliphatic hydroxyl groups is 1. The van der Waals surface area contributed by atoms with E-state index in [1.54, 1.807) is 20.8 Å². The molecule has 1 fully saturated rings. The third-order valence-electron chi connectivity index (χ3n) is 2.96. The fourth-order valence-electron chi connectivity index (χ4n) is 2.16. The molecule has 1 heterocycles. The van der Waals surface area contributed by atoms with Crippen molar-refractivity contribution in [3.05, 3.63) is 0 Å². The second kappa shape index (κ2) is 5.90. The molecule has 1 saturated heterocycles. The number of carbonyl (C=O) groups is 2. The highest BCUT2D eigenvalue weighted by molar-refractivity contribution is 5.88. The molecule has 5 nitrogen and oxygen atoms in total. The molecule has 0 aromatic rings. The molecule has 2 atom stereocenters. The summed E-state index contributed by atoms with van der Waals surface area (Å²) in [4.78, 5) is 25.6. The summed E-state index contributed by atoms with van der Waals surface area (Å²) in [7, 11) is 0. The number of likely N-dealkylation sites (tertiary alicyclic amines) is 1. The lowest BCUT2D eigenvalue weighted by molar-refractivity contribution is -0.165. The Hall–Kier alpha value is -1.10. The summed E-state index contributed by atoms with van der Waals surface area (Å²) < 4.78 is 5.38. The maximum atomic E-state index is 12.2. The van der Waals surface area contributed by atoms with Gasteiger partial charge in [-0.25, -0.2) is 4.79 Å². The minimum atomic E-state index is -0.975. The van der Waals surface area contributed by atoms with E-state index >= 15 is 0 Å². The highest BCUT2D eigenvalue weighted by atomic mass is 16.6. The van der Waals surface area contributed by atoms with E-state index in [1.165, 1.54) is 4.90 Å². The summed E-state index contributed by atoms with van der Waals surface area (Å²) in [6, 6.07) is -0.594. The molecule has 0 aromatic heterocycles. The molecule has 0 bridgehead atoms. The number of hydrogen-bond acceptors (Lipinski definition) is 4. The topological polar surface area (TPSA) is 66.8 Å². The minimum Gasteiger partial charge on any atom is -0.458 e. The monoisotopic (exact) mass is 271 g/mol. The standard InChI is InChI=1S/C14H25NO4/c1-9(2)8-10(13(18)19-14(3,4)5)15-7-6-11(16)12(15)17/h9-11,16H,6-8H2,1-5H3. The van der Waals surface area contributed by atoms with E-state index in [4.69, 9.17) is 4.74 Å². The number of carbonyl (C=O) groups excluding carboxylic acids is 2. The van der Waals surface area contributed by atoms with Gasteiger partial charge in [0.05, 0.1) is 0 Å². The van der Waals surface area contributed by atoms with Gasteiger partial charge in [-0.3, -0.25) is 4.79 Å². The molecule has 1 aliphatic heterocycles. The third kappa shape index (κ3) is 4.49. The molecule has 5 heteroatoms. The van der Waals surface area contributed by atoms with Gasteiger partial charge in [-0.15, -0.1) is 0 Å². The number of hydrogen-bond donors (Lipinski definition) is 1. The number of amides is 1. The Morgan fingerprint density at radius 3 is 2.42 bits per heavy atom. The molecular formula is C14H25NO4. The average Bonchev–Trinajstić information content (AvgIpc) is 2.54. The number of ether oxygens (including phenoxy) is 1. The second-order valence-corrected chi connectivity index (χ2v) is 6.51. The van der Waals surface area contributed by atoms with Crippen molar-refractivity contribution in [1.29, 1.82) is 0 Å².